The topological polar surface area (TPSA) is 97.4 Å². The molecule has 190 valence electrons. The minimum atomic E-state index is -0.967. The largest absolute Gasteiger partial charge is 0.494 e. The van der Waals surface area contributed by atoms with Crippen LogP contribution in [0.25, 0.3) is 11.0 Å². The van der Waals surface area contributed by atoms with Crippen LogP contribution in [-0.4, -0.2) is 51.1 Å². The van der Waals surface area contributed by atoms with Gasteiger partial charge in [0.2, 0.25) is 5.91 Å². The monoisotopic (exact) mass is 490 g/mol. The van der Waals surface area contributed by atoms with E-state index in [1.54, 1.807) is 40.3 Å². The number of hydrogen-bond acceptors (Lipinski definition) is 6. The molecule has 1 unspecified atom stereocenters. The summed E-state index contributed by atoms with van der Waals surface area (Å²) in [5, 5.41) is 0. The van der Waals surface area contributed by atoms with Crippen LogP contribution < -0.4 is 4.74 Å². The molecule has 1 aliphatic heterocycles. The minimum absolute atomic E-state index is 0.259. The van der Waals surface area contributed by atoms with Gasteiger partial charge < -0.3 is 14.5 Å². The Labute approximate surface area is 211 Å². The number of imide groups is 1. The van der Waals surface area contributed by atoms with Gasteiger partial charge in [-0.15, -0.1) is 0 Å². The van der Waals surface area contributed by atoms with E-state index in [4.69, 9.17) is 14.5 Å². The zero-order valence-corrected chi connectivity index (χ0v) is 21.5. The number of benzene rings is 1. The zero-order valence-electron chi connectivity index (χ0n) is 21.5. The number of methoxy groups -OCH3 is 1. The molecule has 1 atom stereocenters. The molecule has 2 fully saturated rings. The highest BCUT2D eigenvalue weighted by Crippen LogP contribution is 2.44. The van der Waals surface area contributed by atoms with Gasteiger partial charge in [0, 0.05) is 24.9 Å². The van der Waals surface area contributed by atoms with E-state index in [9.17, 15) is 9.59 Å². The summed E-state index contributed by atoms with van der Waals surface area (Å²) < 4.78 is 11.2. The van der Waals surface area contributed by atoms with Crippen LogP contribution in [-0.2, 0) is 21.4 Å². The number of nitrogens with zero attached hydrogens (tertiary/aromatic N) is 3. The standard InChI is InChI=1S/C28H34N4O4/c1-27(2,3)36-26(34)32-16-13-28(25(32)33,17-18-11-14-29-15-12-18)20-9-10-21(35-4)23-22(20)30-24(31-23)19-7-5-6-8-19/h9-12,14-15,19H,5-8,13,16-17H2,1-4H3,(H,30,31). The van der Waals surface area contributed by atoms with Crippen LogP contribution in [0.5, 0.6) is 5.75 Å². The van der Waals surface area contributed by atoms with E-state index in [-0.39, 0.29) is 12.5 Å². The molecule has 3 heterocycles. The van der Waals surface area contributed by atoms with Crippen LogP contribution in [0.3, 0.4) is 0 Å². The van der Waals surface area contributed by atoms with Crippen LogP contribution in [0.2, 0.25) is 0 Å². The highest BCUT2D eigenvalue weighted by molar-refractivity contribution is 6.03. The van der Waals surface area contributed by atoms with E-state index in [2.05, 4.69) is 9.97 Å². The second kappa shape index (κ2) is 9.22. The lowest BCUT2D eigenvalue weighted by molar-refractivity contribution is -0.131. The molecule has 1 N–H and O–H groups in total. The maximum absolute atomic E-state index is 14.2. The maximum atomic E-state index is 14.2. The lowest BCUT2D eigenvalue weighted by atomic mass is 9.73. The normalized spacial score (nSPS) is 20.9. The Hall–Kier alpha value is -3.42. The molecule has 36 heavy (non-hydrogen) atoms. The number of aromatic amines is 1. The second-order valence-corrected chi connectivity index (χ2v) is 10.9. The first-order chi connectivity index (χ1) is 17.2. The maximum Gasteiger partial charge on any atom is 0.417 e. The van der Waals surface area contributed by atoms with Gasteiger partial charge >= 0.3 is 6.09 Å². The van der Waals surface area contributed by atoms with E-state index in [0.717, 1.165) is 40.8 Å². The van der Waals surface area contributed by atoms with E-state index in [1.807, 2.05) is 24.3 Å². The minimum Gasteiger partial charge on any atom is -0.494 e. The summed E-state index contributed by atoms with van der Waals surface area (Å²) >= 11 is 0. The predicted octanol–water partition coefficient (Wildman–Crippen LogP) is 5.27. The predicted molar refractivity (Wildman–Crippen MR) is 136 cm³/mol. The number of carbonyl (C=O) groups excluding carboxylic acids is 2. The number of carbonyl (C=O) groups is 2. The molecule has 0 radical (unpaired) electrons. The van der Waals surface area contributed by atoms with Crippen molar-refractivity contribution >= 4 is 23.0 Å². The third kappa shape index (κ3) is 4.33. The highest BCUT2D eigenvalue weighted by atomic mass is 16.6. The molecule has 8 heteroatoms. The molecule has 8 nitrogen and oxygen atoms in total. The van der Waals surface area contributed by atoms with Crippen molar-refractivity contribution in [1.82, 2.24) is 19.9 Å². The van der Waals surface area contributed by atoms with Gasteiger partial charge in [-0.3, -0.25) is 9.78 Å². The molecule has 5 rings (SSSR count). The molecule has 1 saturated heterocycles. The SMILES string of the molecule is COc1ccc(C2(Cc3ccncc3)CCN(C(=O)OC(C)(C)C)C2=O)c2nc(C3CCCC3)[nH]c12. The summed E-state index contributed by atoms with van der Waals surface area (Å²) in [6, 6.07) is 7.67. The molecule has 0 spiro atoms. The Morgan fingerprint density at radius 3 is 2.56 bits per heavy atom. The number of H-pyrrole nitrogens is 1. The summed E-state index contributed by atoms with van der Waals surface area (Å²) in [6.45, 7) is 5.69. The third-order valence-corrected chi connectivity index (χ3v) is 7.39. The fourth-order valence-corrected chi connectivity index (χ4v) is 5.65. The lowest BCUT2D eigenvalue weighted by Crippen LogP contribution is -2.44. The summed E-state index contributed by atoms with van der Waals surface area (Å²) in [6.07, 6.45) is 8.34. The number of amides is 2. The first kappa shape index (κ1) is 24.3. The molecule has 2 aliphatic rings. The molecule has 3 aromatic rings. The van der Waals surface area contributed by atoms with Crippen molar-refractivity contribution < 1.29 is 19.1 Å². The third-order valence-electron chi connectivity index (χ3n) is 7.39. The van der Waals surface area contributed by atoms with Crippen LogP contribution in [0.15, 0.2) is 36.7 Å². The fraction of sp³-hybridized carbons (Fsp3) is 0.500. The first-order valence-electron chi connectivity index (χ1n) is 12.7. The quantitative estimate of drug-likeness (QED) is 0.523. The number of likely N-dealkylation sites (tertiary alicyclic amines) is 1. The van der Waals surface area contributed by atoms with Crippen molar-refractivity contribution in [3.05, 3.63) is 53.6 Å². The summed E-state index contributed by atoms with van der Waals surface area (Å²) in [5.74, 6) is 1.76. The van der Waals surface area contributed by atoms with Crippen molar-refractivity contribution in [2.24, 2.45) is 0 Å². The lowest BCUT2D eigenvalue weighted by Gasteiger charge is -2.29. The Bertz CT molecular complexity index is 1270. The first-order valence-corrected chi connectivity index (χ1v) is 12.7. The van der Waals surface area contributed by atoms with Crippen molar-refractivity contribution in [3.63, 3.8) is 0 Å². The summed E-state index contributed by atoms with van der Waals surface area (Å²) in [4.78, 5) is 41.2. The van der Waals surface area contributed by atoms with Crippen molar-refractivity contribution in [2.75, 3.05) is 13.7 Å². The molecular weight excluding hydrogens is 456 g/mol. The van der Waals surface area contributed by atoms with Gasteiger partial charge in [-0.05, 0) is 75.8 Å². The van der Waals surface area contributed by atoms with Gasteiger partial charge in [0.1, 0.15) is 22.7 Å². The smallest absolute Gasteiger partial charge is 0.417 e. The highest BCUT2D eigenvalue weighted by Gasteiger charge is 2.52. The zero-order chi connectivity index (χ0) is 25.5. The Morgan fingerprint density at radius 1 is 1.17 bits per heavy atom. The van der Waals surface area contributed by atoms with Crippen molar-refractivity contribution in [2.45, 2.75) is 76.2 Å². The van der Waals surface area contributed by atoms with Crippen LogP contribution in [0, 0.1) is 0 Å². The Balaban J connectivity index is 1.64. The second-order valence-electron chi connectivity index (χ2n) is 10.9. The number of hydrogen-bond donors (Lipinski definition) is 1. The van der Waals surface area contributed by atoms with Gasteiger partial charge in [-0.25, -0.2) is 14.7 Å². The number of rotatable bonds is 5. The van der Waals surface area contributed by atoms with E-state index in [0.29, 0.717) is 24.5 Å². The number of fused-ring (bicyclic) bond motifs is 1. The number of pyridine rings is 1. The van der Waals surface area contributed by atoms with Gasteiger partial charge in [0.15, 0.2) is 0 Å². The molecule has 1 aliphatic carbocycles. The molecule has 0 bridgehead atoms. The number of ether oxygens (including phenoxy) is 2. The molecule has 2 amide bonds. The molecule has 1 saturated carbocycles. The molecule has 1 aromatic carbocycles. The Morgan fingerprint density at radius 2 is 1.89 bits per heavy atom. The Kier molecular flexibility index (Phi) is 6.22. The average Bonchev–Trinajstić information content (AvgIpc) is 3.58. The van der Waals surface area contributed by atoms with E-state index >= 15 is 0 Å². The van der Waals surface area contributed by atoms with Gasteiger partial charge in [-0.2, -0.15) is 0 Å². The van der Waals surface area contributed by atoms with Gasteiger partial charge in [0.25, 0.3) is 0 Å². The number of aromatic nitrogens is 3. The summed E-state index contributed by atoms with van der Waals surface area (Å²) in [7, 11) is 1.64. The van der Waals surface area contributed by atoms with Crippen LogP contribution in [0.4, 0.5) is 4.79 Å². The van der Waals surface area contributed by atoms with Crippen LogP contribution in [0.1, 0.15) is 75.7 Å². The van der Waals surface area contributed by atoms with Crippen molar-refractivity contribution in [1.29, 1.82) is 0 Å². The molecule has 2 aromatic heterocycles. The number of imidazole rings is 1. The summed E-state index contributed by atoms with van der Waals surface area (Å²) in [5.41, 5.74) is 1.66. The average molecular weight is 491 g/mol. The van der Waals surface area contributed by atoms with E-state index < -0.39 is 17.1 Å². The number of nitrogens with one attached hydrogen (secondary N) is 1. The molecular formula is C28H34N4O4. The van der Waals surface area contributed by atoms with Crippen LogP contribution >= 0.6 is 0 Å². The van der Waals surface area contributed by atoms with Crippen molar-refractivity contribution in [3.8, 4) is 5.75 Å². The van der Waals surface area contributed by atoms with Gasteiger partial charge in [-0.1, -0.05) is 18.9 Å². The fourth-order valence-electron chi connectivity index (χ4n) is 5.65. The van der Waals surface area contributed by atoms with Gasteiger partial charge in [0.05, 0.1) is 18.0 Å². The van der Waals surface area contributed by atoms with E-state index in [1.165, 1.54) is 17.7 Å².